The third kappa shape index (κ3) is 3.83. The Balaban J connectivity index is 2.20. The molecule has 0 radical (unpaired) electrons. The molecule has 1 saturated carbocycles. The molecular formula is C19H26. The first-order valence-corrected chi connectivity index (χ1v) is 7.58. The van der Waals surface area contributed by atoms with Gasteiger partial charge in [-0.05, 0) is 50.2 Å². The lowest BCUT2D eigenvalue weighted by Gasteiger charge is -2.25. The van der Waals surface area contributed by atoms with E-state index >= 15 is 0 Å². The van der Waals surface area contributed by atoms with Crippen LogP contribution in [0, 0.1) is 5.92 Å². The van der Waals surface area contributed by atoms with Gasteiger partial charge in [-0.2, -0.15) is 0 Å². The van der Waals surface area contributed by atoms with Crippen LogP contribution in [0.15, 0.2) is 53.6 Å². The molecule has 0 unspecified atom stereocenters. The second kappa shape index (κ2) is 6.75. The summed E-state index contributed by atoms with van der Waals surface area (Å²) in [7, 11) is 0. The van der Waals surface area contributed by atoms with Crippen LogP contribution in [-0.4, -0.2) is 0 Å². The number of rotatable bonds is 4. The number of hydrogen-bond acceptors (Lipinski definition) is 0. The Morgan fingerprint density at radius 3 is 2.26 bits per heavy atom. The van der Waals surface area contributed by atoms with Gasteiger partial charge in [-0.3, -0.25) is 0 Å². The van der Waals surface area contributed by atoms with Gasteiger partial charge in [0.2, 0.25) is 0 Å². The number of allylic oxidation sites excluding steroid dienone is 3. The molecule has 0 heteroatoms. The molecule has 1 fully saturated rings. The van der Waals surface area contributed by atoms with E-state index in [1.54, 1.807) is 5.57 Å². The molecule has 0 atom stereocenters. The zero-order valence-electron chi connectivity index (χ0n) is 12.4. The molecule has 0 nitrogen and oxygen atoms in total. The van der Waals surface area contributed by atoms with Crippen molar-refractivity contribution in [2.24, 2.45) is 5.92 Å². The Hall–Kier alpha value is -1.30. The lowest BCUT2D eigenvalue weighted by atomic mass is 9.80. The van der Waals surface area contributed by atoms with Gasteiger partial charge < -0.3 is 0 Å². The van der Waals surface area contributed by atoms with Crippen molar-refractivity contribution in [3.8, 4) is 0 Å². The van der Waals surface area contributed by atoms with Crippen molar-refractivity contribution in [1.82, 2.24) is 0 Å². The lowest BCUT2D eigenvalue weighted by molar-refractivity contribution is 0.400. The van der Waals surface area contributed by atoms with E-state index in [2.05, 4.69) is 50.8 Å². The zero-order valence-corrected chi connectivity index (χ0v) is 12.4. The van der Waals surface area contributed by atoms with Crippen molar-refractivity contribution < 1.29 is 0 Å². The molecule has 0 aliphatic heterocycles. The van der Waals surface area contributed by atoms with Crippen LogP contribution in [0.25, 0.3) is 0 Å². The summed E-state index contributed by atoms with van der Waals surface area (Å²) in [6.07, 6.45) is 8.01. The normalized spacial score (nSPS) is 18.0. The molecule has 0 saturated heterocycles. The van der Waals surface area contributed by atoms with Gasteiger partial charge in [-0.1, -0.05) is 67.3 Å². The second-order valence-corrected chi connectivity index (χ2v) is 5.94. The van der Waals surface area contributed by atoms with Crippen molar-refractivity contribution in [1.29, 1.82) is 0 Å². The molecule has 0 heterocycles. The van der Waals surface area contributed by atoms with Crippen molar-refractivity contribution in [3.63, 3.8) is 0 Å². The quantitative estimate of drug-likeness (QED) is 0.604. The van der Waals surface area contributed by atoms with Gasteiger partial charge in [0.15, 0.2) is 0 Å². The van der Waals surface area contributed by atoms with E-state index in [0.29, 0.717) is 0 Å². The maximum Gasteiger partial charge on any atom is -0.00238 e. The summed E-state index contributed by atoms with van der Waals surface area (Å²) in [5, 5.41) is 0. The molecule has 1 aliphatic rings. The fraction of sp³-hybridized carbons (Fsp3) is 0.474. The van der Waals surface area contributed by atoms with Gasteiger partial charge in [-0.15, -0.1) is 0 Å². The van der Waals surface area contributed by atoms with Crippen molar-refractivity contribution in [2.45, 2.75) is 52.4 Å². The third-order valence-electron chi connectivity index (χ3n) is 4.43. The van der Waals surface area contributed by atoms with E-state index < -0.39 is 0 Å². The van der Waals surface area contributed by atoms with Crippen LogP contribution < -0.4 is 0 Å². The van der Waals surface area contributed by atoms with E-state index in [1.165, 1.54) is 48.8 Å². The van der Waals surface area contributed by atoms with Gasteiger partial charge in [0.1, 0.15) is 0 Å². The molecule has 0 bridgehead atoms. The van der Waals surface area contributed by atoms with Crippen LogP contribution in [-0.2, 0) is 6.42 Å². The highest BCUT2D eigenvalue weighted by atomic mass is 14.2. The predicted molar refractivity (Wildman–Crippen MR) is 84.2 cm³/mol. The van der Waals surface area contributed by atoms with Crippen LogP contribution in [0.1, 0.15) is 51.5 Å². The smallest absolute Gasteiger partial charge is 0.00238 e. The van der Waals surface area contributed by atoms with Gasteiger partial charge in [0, 0.05) is 0 Å². The first-order chi connectivity index (χ1) is 9.18. The SMILES string of the molecule is C=C(C)/C(Cc1ccccc1)=C(\C)C1CCCCC1. The number of hydrogen-bond donors (Lipinski definition) is 0. The fourth-order valence-electron chi connectivity index (χ4n) is 3.21. The second-order valence-electron chi connectivity index (χ2n) is 5.94. The third-order valence-corrected chi connectivity index (χ3v) is 4.43. The first kappa shape index (κ1) is 14.1. The summed E-state index contributed by atoms with van der Waals surface area (Å²) < 4.78 is 0. The average Bonchev–Trinajstić information content (AvgIpc) is 2.46. The highest BCUT2D eigenvalue weighted by molar-refractivity contribution is 5.37. The summed E-state index contributed by atoms with van der Waals surface area (Å²) >= 11 is 0. The standard InChI is InChI=1S/C19H26/c1-15(2)19(14-17-10-6-4-7-11-17)16(3)18-12-8-5-9-13-18/h4,6-7,10-11,18H,1,5,8-9,12-14H2,2-3H3/b19-16+. The van der Waals surface area contributed by atoms with Crippen molar-refractivity contribution in [2.75, 3.05) is 0 Å². The Morgan fingerprint density at radius 1 is 1.05 bits per heavy atom. The summed E-state index contributed by atoms with van der Waals surface area (Å²) in [6.45, 7) is 8.70. The molecule has 19 heavy (non-hydrogen) atoms. The molecule has 102 valence electrons. The molecule has 0 N–H and O–H groups in total. The Labute approximate surface area is 118 Å². The van der Waals surface area contributed by atoms with Crippen molar-refractivity contribution in [3.05, 3.63) is 59.2 Å². The van der Waals surface area contributed by atoms with Crippen molar-refractivity contribution >= 4 is 0 Å². The Kier molecular flexibility index (Phi) is 5.01. The summed E-state index contributed by atoms with van der Waals surface area (Å²) in [5.41, 5.74) is 5.72. The fourth-order valence-corrected chi connectivity index (χ4v) is 3.21. The topological polar surface area (TPSA) is 0 Å². The molecular weight excluding hydrogens is 228 g/mol. The zero-order chi connectivity index (χ0) is 13.7. The Morgan fingerprint density at radius 2 is 1.68 bits per heavy atom. The minimum Gasteiger partial charge on any atom is -0.0958 e. The molecule has 0 aromatic heterocycles. The highest BCUT2D eigenvalue weighted by Crippen LogP contribution is 2.33. The van der Waals surface area contributed by atoms with E-state index in [1.807, 2.05) is 0 Å². The molecule has 2 rings (SSSR count). The van der Waals surface area contributed by atoms with Crippen LogP contribution in [0.3, 0.4) is 0 Å². The molecule has 0 amide bonds. The minimum absolute atomic E-state index is 0.796. The monoisotopic (exact) mass is 254 g/mol. The van der Waals surface area contributed by atoms with Gasteiger partial charge in [0.25, 0.3) is 0 Å². The van der Waals surface area contributed by atoms with Crippen LogP contribution in [0.4, 0.5) is 0 Å². The summed E-state index contributed by atoms with van der Waals surface area (Å²) in [6, 6.07) is 10.8. The van der Waals surface area contributed by atoms with Crippen LogP contribution >= 0.6 is 0 Å². The summed E-state index contributed by atoms with van der Waals surface area (Å²) in [4.78, 5) is 0. The van der Waals surface area contributed by atoms with Crippen LogP contribution in [0.5, 0.6) is 0 Å². The average molecular weight is 254 g/mol. The summed E-state index contributed by atoms with van der Waals surface area (Å²) in [5.74, 6) is 0.796. The van der Waals surface area contributed by atoms with E-state index in [-0.39, 0.29) is 0 Å². The maximum atomic E-state index is 4.21. The van der Waals surface area contributed by atoms with E-state index in [4.69, 9.17) is 0 Å². The largest absolute Gasteiger partial charge is 0.0958 e. The van der Waals surface area contributed by atoms with Crippen LogP contribution in [0.2, 0.25) is 0 Å². The lowest BCUT2D eigenvalue weighted by Crippen LogP contribution is -2.10. The maximum absolute atomic E-state index is 4.21. The first-order valence-electron chi connectivity index (χ1n) is 7.58. The predicted octanol–water partition coefficient (Wildman–Crippen LogP) is 5.70. The van der Waals surface area contributed by atoms with Gasteiger partial charge in [0.05, 0.1) is 0 Å². The van der Waals surface area contributed by atoms with E-state index in [0.717, 1.165) is 12.3 Å². The van der Waals surface area contributed by atoms with E-state index in [9.17, 15) is 0 Å². The molecule has 1 aromatic rings. The minimum atomic E-state index is 0.796. The van der Waals surface area contributed by atoms with Gasteiger partial charge in [-0.25, -0.2) is 0 Å². The molecule has 1 aliphatic carbocycles. The van der Waals surface area contributed by atoms with Gasteiger partial charge >= 0.3 is 0 Å². The molecule has 1 aromatic carbocycles. The molecule has 0 spiro atoms. The highest BCUT2D eigenvalue weighted by Gasteiger charge is 2.18. The number of benzene rings is 1. The Bertz CT molecular complexity index is 444.